The third-order valence-corrected chi connectivity index (χ3v) is 2.46. The second kappa shape index (κ2) is 3.69. The lowest BCUT2D eigenvalue weighted by atomic mass is 10.4. The molecular weight excluding hydrogens is 245 g/mol. The highest BCUT2D eigenvalue weighted by atomic mass is 32.1. The number of nitrogens with zero attached hydrogens (tertiary/aromatic N) is 2. The molecule has 1 aromatic heterocycles. The number of thiol groups is 1. The van der Waals surface area contributed by atoms with E-state index >= 15 is 0 Å². The zero-order valence-corrected chi connectivity index (χ0v) is 8.76. The molecule has 0 aliphatic carbocycles. The Hall–Kier alpha value is -1.18. The van der Waals surface area contributed by atoms with Gasteiger partial charge in [-0.15, -0.1) is 0 Å². The van der Waals surface area contributed by atoms with E-state index in [2.05, 4.69) is 22.0 Å². The van der Waals surface area contributed by atoms with Crippen LogP contribution in [0.5, 0.6) is 0 Å². The van der Waals surface area contributed by atoms with Gasteiger partial charge in [0.25, 0.3) is 0 Å². The van der Waals surface area contributed by atoms with E-state index in [1.165, 1.54) is 0 Å². The molecule has 0 N–H and O–H groups in total. The number of alkyl halides is 3. The molecule has 2 heterocycles. The van der Waals surface area contributed by atoms with Crippen molar-refractivity contribution in [1.82, 2.24) is 4.98 Å². The van der Waals surface area contributed by atoms with Gasteiger partial charge in [0.15, 0.2) is 5.69 Å². The highest BCUT2D eigenvalue weighted by Gasteiger charge is 2.37. The lowest BCUT2D eigenvalue weighted by Crippen LogP contribution is -2.25. The second-order valence-electron chi connectivity index (χ2n) is 3.38. The highest BCUT2D eigenvalue weighted by molar-refractivity contribution is 7.81. The van der Waals surface area contributed by atoms with Gasteiger partial charge in [0.1, 0.15) is 6.26 Å². The number of halogens is 3. The molecule has 1 unspecified atom stereocenters. The molecule has 88 valence electrons. The van der Waals surface area contributed by atoms with E-state index in [0.717, 1.165) is 4.90 Å². The molecule has 0 bridgehead atoms. The van der Waals surface area contributed by atoms with Crippen molar-refractivity contribution in [3.8, 4) is 0 Å². The van der Waals surface area contributed by atoms with Crippen molar-refractivity contribution in [2.24, 2.45) is 0 Å². The average molecular weight is 252 g/mol. The van der Waals surface area contributed by atoms with Gasteiger partial charge in [0, 0.05) is 18.2 Å². The van der Waals surface area contributed by atoms with Crippen LogP contribution < -0.4 is 4.90 Å². The van der Waals surface area contributed by atoms with Crippen LogP contribution in [-0.2, 0) is 11.0 Å². The van der Waals surface area contributed by atoms with E-state index in [0.29, 0.717) is 6.26 Å². The summed E-state index contributed by atoms with van der Waals surface area (Å²) in [6.45, 7) is 0.208. The van der Waals surface area contributed by atoms with Gasteiger partial charge < -0.3 is 4.42 Å². The molecule has 1 amide bonds. The number of amides is 1. The van der Waals surface area contributed by atoms with Gasteiger partial charge in [-0.1, -0.05) is 0 Å². The normalized spacial score (nSPS) is 21.9. The minimum atomic E-state index is -4.56. The minimum absolute atomic E-state index is 0.173. The fourth-order valence-corrected chi connectivity index (χ4v) is 1.71. The van der Waals surface area contributed by atoms with Crippen LogP contribution in [-0.4, -0.2) is 22.7 Å². The fourth-order valence-electron chi connectivity index (χ4n) is 1.39. The molecule has 1 aliphatic rings. The molecule has 4 nitrogen and oxygen atoms in total. The Labute approximate surface area is 93.8 Å². The molecule has 1 aromatic rings. The molecular formula is C8H7F3N2O2S. The SMILES string of the molecule is O=C1CC(S)CN1c1nc(C(F)(F)F)co1. The van der Waals surface area contributed by atoms with E-state index in [9.17, 15) is 18.0 Å². The van der Waals surface area contributed by atoms with Gasteiger partial charge in [0.2, 0.25) is 5.91 Å². The maximum atomic E-state index is 12.2. The van der Waals surface area contributed by atoms with Crippen molar-refractivity contribution in [1.29, 1.82) is 0 Å². The first-order valence-corrected chi connectivity index (χ1v) is 4.90. The van der Waals surface area contributed by atoms with Crippen molar-refractivity contribution in [2.45, 2.75) is 17.8 Å². The molecule has 16 heavy (non-hydrogen) atoms. The van der Waals surface area contributed by atoms with E-state index in [4.69, 9.17) is 0 Å². The highest BCUT2D eigenvalue weighted by Crippen LogP contribution is 2.31. The molecule has 1 saturated heterocycles. The molecule has 1 atom stereocenters. The first-order valence-electron chi connectivity index (χ1n) is 4.39. The number of rotatable bonds is 1. The zero-order chi connectivity index (χ0) is 11.9. The molecule has 1 aliphatic heterocycles. The van der Waals surface area contributed by atoms with Crippen LogP contribution >= 0.6 is 12.6 Å². The average Bonchev–Trinajstić information content (AvgIpc) is 2.70. The Bertz CT molecular complexity index is 418. The van der Waals surface area contributed by atoms with Gasteiger partial charge in [-0.3, -0.25) is 9.69 Å². The molecule has 0 aromatic carbocycles. The van der Waals surface area contributed by atoms with E-state index < -0.39 is 11.9 Å². The summed E-state index contributed by atoms with van der Waals surface area (Å²) in [5.74, 6) is -0.337. The number of carbonyl (C=O) groups excluding carboxylic acids is 1. The summed E-state index contributed by atoms with van der Waals surface area (Å²) in [5.41, 5.74) is -1.14. The van der Waals surface area contributed by atoms with Crippen LogP contribution in [0.1, 0.15) is 12.1 Å². The third kappa shape index (κ3) is 2.01. The molecule has 2 rings (SSSR count). The summed E-state index contributed by atoms with van der Waals surface area (Å²) < 4.78 is 41.3. The predicted molar refractivity (Wildman–Crippen MR) is 51.2 cm³/mol. The molecule has 0 radical (unpaired) electrons. The Balaban J connectivity index is 2.23. The first-order chi connectivity index (χ1) is 7.38. The van der Waals surface area contributed by atoms with Gasteiger partial charge in [0.05, 0.1) is 0 Å². The lowest BCUT2D eigenvalue weighted by Gasteiger charge is -2.09. The smallest absolute Gasteiger partial charge is 0.431 e. The van der Waals surface area contributed by atoms with Crippen LogP contribution in [0, 0.1) is 0 Å². The number of oxazole rings is 1. The molecule has 8 heteroatoms. The van der Waals surface area contributed by atoms with Crippen molar-refractivity contribution >= 4 is 24.6 Å². The maximum absolute atomic E-state index is 12.2. The maximum Gasteiger partial charge on any atom is 0.436 e. The summed E-state index contributed by atoms with van der Waals surface area (Å²) in [5, 5.41) is -0.200. The number of carbonyl (C=O) groups is 1. The molecule has 0 saturated carbocycles. The van der Waals surface area contributed by atoms with Crippen molar-refractivity contribution < 1.29 is 22.4 Å². The van der Waals surface area contributed by atoms with Crippen LogP contribution in [0.4, 0.5) is 19.2 Å². The topological polar surface area (TPSA) is 46.3 Å². The first kappa shape index (κ1) is 11.3. The minimum Gasteiger partial charge on any atom is -0.431 e. The Morgan fingerprint density at radius 1 is 1.56 bits per heavy atom. The number of aromatic nitrogens is 1. The van der Waals surface area contributed by atoms with Gasteiger partial charge >= 0.3 is 12.2 Å². The van der Waals surface area contributed by atoms with E-state index in [1.54, 1.807) is 0 Å². The van der Waals surface area contributed by atoms with Crippen LogP contribution in [0.2, 0.25) is 0 Å². The van der Waals surface area contributed by atoms with Gasteiger partial charge in [-0.05, 0) is 0 Å². The van der Waals surface area contributed by atoms with Crippen molar-refractivity contribution in [2.75, 3.05) is 11.4 Å². The van der Waals surface area contributed by atoms with E-state index in [-0.39, 0.29) is 30.1 Å². The second-order valence-corrected chi connectivity index (χ2v) is 4.11. The zero-order valence-electron chi connectivity index (χ0n) is 7.86. The number of hydrogen-bond donors (Lipinski definition) is 1. The van der Waals surface area contributed by atoms with Gasteiger partial charge in [-0.2, -0.15) is 30.8 Å². The summed E-state index contributed by atoms with van der Waals surface area (Å²) >= 11 is 4.07. The fraction of sp³-hybridized carbons (Fsp3) is 0.500. The van der Waals surface area contributed by atoms with Gasteiger partial charge in [-0.25, -0.2) is 0 Å². The standard InChI is InChI=1S/C8H7F3N2O2S/c9-8(10,11)5-3-15-7(12-5)13-2-4(16)1-6(13)14/h3-4,16H,1-2H2. The summed E-state index contributed by atoms with van der Waals surface area (Å²) in [6, 6.07) is -0.325. The number of anilines is 1. The molecule has 0 spiro atoms. The largest absolute Gasteiger partial charge is 0.436 e. The van der Waals surface area contributed by atoms with E-state index in [1.807, 2.05) is 0 Å². The van der Waals surface area contributed by atoms with Crippen LogP contribution in [0.15, 0.2) is 10.7 Å². The quantitative estimate of drug-likeness (QED) is 0.774. The monoisotopic (exact) mass is 252 g/mol. The Kier molecular flexibility index (Phi) is 2.61. The van der Waals surface area contributed by atoms with Crippen LogP contribution in [0.25, 0.3) is 0 Å². The Morgan fingerprint density at radius 3 is 2.69 bits per heavy atom. The third-order valence-electron chi connectivity index (χ3n) is 2.12. The van der Waals surface area contributed by atoms with Crippen molar-refractivity contribution in [3.63, 3.8) is 0 Å². The predicted octanol–water partition coefficient (Wildman–Crippen LogP) is 1.73. The summed E-state index contributed by atoms with van der Waals surface area (Å²) in [6.07, 6.45) is -3.90. The lowest BCUT2D eigenvalue weighted by molar-refractivity contribution is -0.141. The van der Waals surface area contributed by atoms with Crippen molar-refractivity contribution in [3.05, 3.63) is 12.0 Å². The summed E-state index contributed by atoms with van der Waals surface area (Å²) in [4.78, 5) is 15.6. The summed E-state index contributed by atoms with van der Waals surface area (Å²) in [7, 11) is 0. The number of hydrogen-bond acceptors (Lipinski definition) is 4. The van der Waals surface area contributed by atoms with Crippen LogP contribution in [0.3, 0.4) is 0 Å². The molecule has 1 fully saturated rings. The Morgan fingerprint density at radius 2 is 2.25 bits per heavy atom.